The van der Waals surface area contributed by atoms with Gasteiger partial charge in [-0.2, -0.15) is 5.10 Å². The molecule has 3 rings (SSSR count). The van der Waals surface area contributed by atoms with Crippen molar-refractivity contribution in [2.24, 2.45) is 15.9 Å². The topological polar surface area (TPSA) is 97.3 Å². The van der Waals surface area contributed by atoms with Crippen LogP contribution in [-0.4, -0.2) is 35.1 Å². The number of nitrogens with two attached hydrogens (primary N) is 1. The number of imide groups is 1. The summed E-state index contributed by atoms with van der Waals surface area (Å²) in [4.78, 5) is 27.1. The lowest BCUT2D eigenvalue weighted by molar-refractivity contribution is -0.121. The summed E-state index contributed by atoms with van der Waals surface area (Å²) in [7, 11) is 1.55. The molecule has 0 unspecified atom stereocenters. The van der Waals surface area contributed by atoms with Crippen molar-refractivity contribution in [2.75, 3.05) is 12.0 Å². The summed E-state index contributed by atoms with van der Waals surface area (Å²) in [6.07, 6.45) is 0.0688. The summed E-state index contributed by atoms with van der Waals surface area (Å²) >= 11 is 2.61. The lowest BCUT2D eigenvalue weighted by Gasteiger charge is -2.15. The zero-order valence-electron chi connectivity index (χ0n) is 14.8. The van der Waals surface area contributed by atoms with Gasteiger partial charge in [0.15, 0.2) is 5.17 Å². The predicted octanol–water partition coefficient (Wildman–Crippen LogP) is 2.86. The first-order valence-electron chi connectivity index (χ1n) is 8.08. The summed E-state index contributed by atoms with van der Waals surface area (Å²) in [5, 5.41) is 9.56. The van der Waals surface area contributed by atoms with E-state index in [9.17, 15) is 9.59 Å². The van der Waals surface area contributed by atoms with Gasteiger partial charge < -0.3 is 10.5 Å². The van der Waals surface area contributed by atoms with Gasteiger partial charge in [-0.1, -0.05) is 17.8 Å². The summed E-state index contributed by atoms with van der Waals surface area (Å²) in [5.74, 6) is 0.0696. The lowest BCUT2D eigenvalue weighted by atomic mass is 10.3. The highest BCUT2D eigenvalue weighted by atomic mass is 32.2. The smallest absolute Gasteiger partial charge is 0.247 e. The molecule has 1 aliphatic heterocycles. The number of rotatable bonds is 5. The largest absolute Gasteiger partial charge is 0.497 e. The molecule has 0 bridgehead atoms. The zero-order chi connectivity index (χ0) is 19.4. The molecule has 1 aliphatic rings. The molecule has 9 heteroatoms. The number of hydrogen-bond acceptors (Lipinski definition) is 7. The second-order valence-corrected chi connectivity index (χ2v) is 7.85. The Morgan fingerprint density at radius 3 is 2.63 bits per heavy atom. The number of amides is 2. The maximum Gasteiger partial charge on any atom is 0.247 e. The van der Waals surface area contributed by atoms with Crippen LogP contribution in [-0.2, 0) is 9.59 Å². The fraction of sp³-hybridized carbons (Fsp3) is 0.222. The second-order valence-electron chi connectivity index (χ2n) is 5.68. The van der Waals surface area contributed by atoms with E-state index in [2.05, 4.69) is 10.2 Å². The highest BCUT2D eigenvalue weighted by Crippen LogP contribution is 2.30. The van der Waals surface area contributed by atoms with Crippen molar-refractivity contribution < 1.29 is 14.3 Å². The molecule has 1 aromatic carbocycles. The van der Waals surface area contributed by atoms with Crippen LogP contribution < -0.4 is 15.4 Å². The van der Waals surface area contributed by atoms with Gasteiger partial charge in [0.25, 0.3) is 0 Å². The second kappa shape index (κ2) is 8.36. The van der Waals surface area contributed by atoms with Crippen molar-refractivity contribution >= 4 is 51.5 Å². The first-order chi connectivity index (χ1) is 13.0. The van der Waals surface area contributed by atoms with E-state index in [0.29, 0.717) is 11.4 Å². The van der Waals surface area contributed by atoms with E-state index in [1.807, 2.05) is 24.4 Å². The van der Waals surface area contributed by atoms with Gasteiger partial charge in [-0.05, 0) is 42.6 Å². The molecule has 0 aliphatic carbocycles. The summed E-state index contributed by atoms with van der Waals surface area (Å²) < 4.78 is 5.10. The van der Waals surface area contributed by atoms with Crippen molar-refractivity contribution in [3.63, 3.8) is 0 Å². The van der Waals surface area contributed by atoms with Crippen molar-refractivity contribution in [1.29, 1.82) is 0 Å². The Bertz CT molecular complexity index is 892. The number of carbonyl (C=O) groups is 2. The normalized spacial score (nSPS) is 18.3. The lowest BCUT2D eigenvalue weighted by Crippen LogP contribution is -2.31. The van der Waals surface area contributed by atoms with Crippen LogP contribution in [0.5, 0.6) is 5.75 Å². The van der Waals surface area contributed by atoms with Crippen LogP contribution in [0.15, 0.2) is 52.0 Å². The summed E-state index contributed by atoms with van der Waals surface area (Å²) in [6, 6.07) is 10.6. The molecule has 1 atom stereocenters. The third-order valence-electron chi connectivity index (χ3n) is 3.88. The van der Waals surface area contributed by atoms with Gasteiger partial charge in [0.05, 0.1) is 23.4 Å². The molecule has 2 heterocycles. The Balaban J connectivity index is 1.69. The maximum absolute atomic E-state index is 12.6. The van der Waals surface area contributed by atoms with Crippen LogP contribution in [0.3, 0.4) is 0 Å². The number of carbonyl (C=O) groups excluding carboxylic acids is 2. The third kappa shape index (κ3) is 4.37. The Hall–Kier alpha value is -2.65. The maximum atomic E-state index is 12.6. The molecule has 27 heavy (non-hydrogen) atoms. The summed E-state index contributed by atoms with van der Waals surface area (Å²) in [5.41, 5.74) is 7.14. The number of methoxy groups -OCH3 is 1. The Morgan fingerprint density at radius 1 is 1.26 bits per heavy atom. The first-order valence-corrected chi connectivity index (χ1v) is 9.84. The third-order valence-corrected chi connectivity index (χ3v) is 5.83. The van der Waals surface area contributed by atoms with Gasteiger partial charge in [0.2, 0.25) is 11.8 Å². The highest BCUT2D eigenvalue weighted by Gasteiger charge is 2.40. The molecule has 1 aromatic heterocycles. The van der Waals surface area contributed by atoms with E-state index >= 15 is 0 Å². The number of ether oxygens (including phenoxy) is 1. The van der Waals surface area contributed by atoms with Gasteiger partial charge >= 0.3 is 0 Å². The number of amidine groups is 1. The van der Waals surface area contributed by atoms with Crippen molar-refractivity contribution in [3.05, 3.63) is 46.7 Å². The molecule has 0 saturated carbocycles. The fourth-order valence-electron chi connectivity index (χ4n) is 2.53. The molecule has 1 saturated heterocycles. The van der Waals surface area contributed by atoms with Crippen LogP contribution in [0.2, 0.25) is 0 Å². The van der Waals surface area contributed by atoms with E-state index in [4.69, 9.17) is 10.5 Å². The fourth-order valence-corrected chi connectivity index (χ4v) is 4.01. The van der Waals surface area contributed by atoms with E-state index in [1.54, 1.807) is 42.7 Å². The molecule has 0 radical (unpaired) electrons. The summed E-state index contributed by atoms with van der Waals surface area (Å²) in [6.45, 7) is 1.84. The number of benzene rings is 1. The number of thiophene rings is 1. The number of nitrogens with zero attached hydrogens (tertiary/aromatic N) is 3. The van der Waals surface area contributed by atoms with E-state index in [-0.39, 0.29) is 23.4 Å². The van der Waals surface area contributed by atoms with Gasteiger partial charge in [-0.15, -0.1) is 16.4 Å². The standard InChI is InChI=1S/C18H18N4O3S2/c1-11(14-4-3-9-26-14)20-21-18(19)27-15-10-16(23)22(17(15)24)12-5-7-13(25-2)8-6-12/h3-9,15H,10H2,1-2H3,(H2,19,21)/b20-11-/t15-/m0/s1. The SMILES string of the molecule is COc1ccc(N2C(=O)C[C@H](SC(N)=N/N=C(/C)c3cccs3)C2=O)cc1. The highest BCUT2D eigenvalue weighted by molar-refractivity contribution is 8.14. The van der Waals surface area contributed by atoms with Crippen LogP contribution >= 0.6 is 23.1 Å². The Labute approximate surface area is 164 Å². The molecular formula is C18H18N4O3S2. The van der Waals surface area contributed by atoms with Crippen LogP contribution in [0.25, 0.3) is 0 Å². The quantitative estimate of drug-likeness (QED) is 0.359. The molecule has 2 N–H and O–H groups in total. The average molecular weight is 403 g/mol. The van der Waals surface area contributed by atoms with E-state index in [1.165, 1.54) is 4.90 Å². The predicted molar refractivity (Wildman–Crippen MR) is 110 cm³/mol. The minimum Gasteiger partial charge on any atom is -0.497 e. The van der Waals surface area contributed by atoms with Crippen LogP contribution in [0.1, 0.15) is 18.2 Å². The molecule has 0 spiro atoms. The number of hydrogen-bond donors (Lipinski definition) is 1. The van der Waals surface area contributed by atoms with Gasteiger partial charge in [-0.25, -0.2) is 4.90 Å². The van der Waals surface area contributed by atoms with Gasteiger partial charge in [-0.3, -0.25) is 9.59 Å². The van der Waals surface area contributed by atoms with Crippen molar-refractivity contribution in [1.82, 2.24) is 0 Å². The molecule has 2 aromatic rings. The minimum absolute atomic E-state index is 0.0688. The van der Waals surface area contributed by atoms with Gasteiger partial charge in [0, 0.05) is 6.42 Å². The molecule has 140 valence electrons. The molecule has 1 fully saturated rings. The van der Waals surface area contributed by atoms with Gasteiger partial charge in [0.1, 0.15) is 11.0 Å². The molecule has 2 amide bonds. The van der Waals surface area contributed by atoms with Crippen molar-refractivity contribution in [2.45, 2.75) is 18.6 Å². The Morgan fingerprint density at radius 2 is 2.00 bits per heavy atom. The number of thioether (sulfide) groups is 1. The van der Waals surface area contributed by atoms with Crippen LogP contribution in [0.4, 0.5) is 5.69 Å². The molecular weight excluding hydrogens is 384 g/mol. The monoisotopic (exact) mass is 402 g/mol. The molecule has 7 nitrogen and oxygen atoms in total. The van der Waals surface area contributed by atoms with E-state index < -0.39 is 5.25 Å². The number of anilines is 1. The first kappa shape index (κ1) is 19.1. The van der Waals surface area contributed by atoms with Crippen molar-refractivity contribution in [3.8, 4) is 5.75 Å². The Kier molecular flexibility index (Phi) is 5.92. The average Bonchev–Trinajstić information content (AvgIpc) is 3.29. The minimum atomic E-state index is -0.611. The van der Waals surface area contributed by atoms with Crippen LogP contribution in [0, 0.1) is 0 Å². The zero-order valence-corrected chi connectivity index (χ0v) is 16.4. The van der Waals surface area contributed by atoms with E-state index in [0.717, 1.165) is 22.4 Å².